The summed E-state index contributed by atoms with van der Waals surface area (Å²) >= 11 is 1.34. The van der Waals surface area contributed by atoms with E-state index in [4.69, 9.17) is 4.74 Å². The van der Waals surface area contributed by atoms with E-state index < -0.39 is 5.97 Å². The summed E-state index contributed by atoms with van der Waals surface area (Å²) in [4.78, 5) is 41.1. The number of aromatic nitrogens is 1. The maximum Gasteiger partial charge on any atom is 0.306 e. The van der Waals surface area contributed by atoms with Gasteiger partial charge in [0.25, 0.3) is 0 Å². The fourth-order valence-electron chi connectivity index (χ4n) is 1.91. The number of nitrogens with zero attached hydrogens (tertiary/aromatic N) is 2. The van der Waals surface area contributed by atoms with Crippen LogP contribution < -0.4 is 5.32 Å². The molecule has 0 saturated carbocycles. The van der Waals surface area contributed by atoms with E-state index in [0.29, 0.717) is 18.3 Å². The van der Waals surface area contributed by atoms with Crippen LogP contribution in [0, 0.1) is 6.92 Å². The van der Waals surface area contributed by atoms with Gasteiger partial charge < -0.3 is 15.0 Å². The number of esters is 1. The van der Waals surface area contributed by atoms with Crippen LogP contribution in [0.4, 0.5) is 5.13 Å². The third kappa shape index (κ3) is 7.23. The second-order valence-electron chi connectivity index (χ2n) is 4.96. The van der Waals surface area contributed by atoms with Gasteiger partial charge in [0.15, 0.2) is 5.13 Å². The first-order valence-corrected chi connectivity index (χ1v) is 8.49. The molecular weight excluding hydrogens is 318 g/mol. The predicted octanol–water partition coefficient (Wildman–Crippen LogP) is 1.97. The van der Waals surface area contributed by atoms with E-state index >= 15 is 0 Å². The standard InChI is InChI=1S/C15H23N3O4S/c1-4-8-18(13(20)6-7-14(21)22-5-2)9-12(19)17-15-16-11(3)10-23-15/h10H,4-9H2,1-3H3,(H,16,17,19). The van der Waals surface area contributed by atoms with E-state index in [1.807, 2.05) is 19.2 Å². The minimum atomic E-state index is -0.403. The molecule has 23 heavy (non-hydrogen) atoms. The van der Waals surface area contributed by atoms with Crippen LogP contribution in [-0.4, -0.2) is 47.4 Å². The Bertz CT molecular complexity index is 545. The Labute approximate surface area is 140 Å². The third-order valence-corrected chi connectivity index (χ3v) is 3.77. The first kappa shape index (κ1) is 19.1. The Kier molecular flexibility index (Phi) is 8.25. The molecule has 1 aromatic rings. The molecule has 0 saturated heterocycles. The van der Waals surface area contributed by atoms with Crippen molar-refractivity contribution in [3.8, 4) is 0 Å². The molecule has 1 aromatic heterocycles. The molecule has 0 aliphatic carbocycles. The molecule has 0 unspecified atom stereocenters. The van der Waals surface area contributed by atoms with Crippen LogP contribution in [0.15, 0.2) is 5.38 Å². The number of carbonyl (C=O) groups is 3. The molecule has 0 fully saturated rings. The lowest BCUT2D eigenvalue weighted by Gasteiger charge is -2.21. The Morgan fingerprint density at radius 2 is 2.04 bits per heavy atom. The summed E-state index contributed by atoms with van der Waals surface area (Å²) in [5.74, 6) is -0.928. The number of nitrogens with one attached hydrogen (secondary N) is 1. The SMILES string of the molecule is CCCN(CC(=O)Nc1nc(C)cs1)C(=O)CCC(=O)OCC. The lowest BCUT2D eigenvalue weighted by molar-refractivity contribution is -0.145. The predicted molar refractivity (Wildman–Crippen MR) is 88.2 cm³/mol. The number of hydrogen-bond acceptors (Lipinski definition) is 6. The highest BCUT2D eigenvalue weighted by Gasteiger charge is 2.18. The fraction of sp³-hybridized carbons (Fsp3) is 0.600. The highest BCUT2D eigenvalue weighted by Crippen LogP contribution is 2.14. The summed E-state index contributed by atoms with van der Waals surface area (Å²) in [6.45, 7) is 6.19. The summed E-state index contributed by atoms with van der Waals surface area (Å²) in [7, 11) is 0. The maximum atomic E-state index is 12.2. The number of ether oxygens (including phenoxy) is 1. The van der Waals surface area contributed by atoms with E-state index in [2.05, 4.69) is 10.3 Å². The minimum absolute atomic E-state index is 0.0280. The van der Waals surface area contributed by atoms with Gasteiger partial charge >= 0.3 is 5.97 Å². The zero-order valence-corrected chi connectivity index (χ0v) is 14.6. The van der Waals surface area contributed by atoms with E-state index in [1.165, 1.54) is 16.2 Å². The van der Waals surface area contributed by atoms with Crippen molar-refractivity contribution in [1.82, 2.24) is 9.88 Å². The number of carbonyl (C=O) groups excluding carboxylic acids is 3. The van der Waals surface area contributed by atoms with Crippen molar-refractivity contribution in [3.05, 3.63) is 11.1 Å². The molecule has 0 spiro atoms. The Morgan fingerprint density at radius 3 is 2.61 bits per heavy atom. The number of aryl methyl sites for hydroxylation is 1. The van der Waals surface area contributed by atoms with Gasteiger partial charge in [-0.15, -0.1) is 11.3 Å². The van der Waals surface area contributed by atoms with E-state index in [-0.39, 0.29) is 31.2 Å². The summed E-state index contributed by atoms with van der Waals surface area (Å²) in [5.41, 5.74) is 0.834. The summed E-state index contributed by atoms with van der Waals surface area (Å²) in [5, 5.41) is 5.03. The Hall–Kier alpha value is -1.96. The number of anilines is 1. The molecule has 1 rings (SSSR count). The first-order valence-electron chi connectivity index (χ1n) is 7.61. The van der Waals surface area contributed by atoms with Crippen LogP contribution in [0.2, 0.25) is 0 Å². The largest absolute Gasteiger partial charge is 0.466 e. The number of rotatable bonds is 9. The van der Waals surface area contributed by atoms with Crippen molar-refractivity contribution in [3.63, 3.8) is 0 Å². The molecule has 0 bridgehead atoms. The lowest BCUT2D eigenvalue weighted by atomic mass is 10.2. The second kappa shape index (κ2) is 9.94. The van der Waals surface area contributed by atoms with Crippen LogP contribution in [-0.2, 0) is 19.1 Å². The normalized spacial score (nSPS) is 10.2. The molecule has 7 nitrogen and oxygen atoms in total. The lowest BCUT2D eigenvalue weighted by Crippen LogP contribution is -2.38. The van der Waals surface area contributed by atoms with Gasteiger partial charge in [0, 0.05) is 18.3 Å². The van der Waals surface area contributed by atoms with Crippen LogP contribution in [0.3, 0.4) is 0 Å². The smallest absolute Gasteiger partial charge is 0.306 e. The Balaban J connectivity index is 2.50. The maximum absolute atomic E-state index is 12.2. The van der Waals surface area contributed by atoms with Gasteiger partial charge in [-0.05, 0) is 20.3 Å². The first-order chi connectivity index (χ1) is 11.0. The van der Waals surface area contributed by atoms with Crippen molar-refractivity contribution >= 4 is 34.3 Å². The monoisotopic (exact) mass is 341 g/mol. The van der Waals surface area contributed by atoms with Crippen molar-refractivity contribution < 1.29 is 19.1 Å². The average Bonchev–Trinajstić information content (AvgIpc) is 2.89. The topological polar surface area (TPSA) is 88.6 Å². The number of amides is 2. The molecule has 8 heteroatoms. The van der Waals surface area contributed by atoms with Gasteiger partial charge in [-0.25, -0.2) is 4.98 Å². The van der Waals surface area contributed by atoms with E-state index in [9.17, 15) is 14.4 Å². The molecular formula is C15H23N3O4S. The van der Waals surface area contributed by atoms with Crippen molar-refractivity contribution in [2.24, 2.45) is 0 Å². The van der Waals surface area contributed by atoms with Gasteiger partial charge in [0.2, 0.25) is 11.8 Å². The minimum Gasteiger partial charge on any atom is -0.466 e. The highest BCUT2D eigenvalue weighted by molar-refractivity contribution is 7.13. The molecule has 0 atom stereocenters. The van der Waals surface area contributed by atoms with E-state index in [0.717, 1.165) is 12.1 Å². The molecule has 0 aromatic carbocycles. The van der Waals surface area contributed by atoms with Crippen LogP contribution >= 0.6 is 11.3 Å². The summed E-state index contributed by atoms with van der Waals surface area (Å²) < 4.78 is 4.80. The van der Waals surface area contributed by atoms with Gasteiger partial charge in [-0.1, -0.05) is 6.92 Å². The van der Waals surface area contributed by atoms with Gasteiger partial charge in [-0.3, -0.25) is 14.4 Å². The van der Waals surface area contributed by atoms with Gasteiger partial charge in [-0.2, -0.15) is 0 Å². The summed E-state index contributed by atoms with van der Waals surface area (Å²) in [6.07, 6.45) is 0.803. The fourth-order valence-corrected chi connectivity index (χ4v) is 2.61. The van der Waals surface area contributed by atoms with Crippen molar-refractivity contribution in [2.45, 2.75) is 40.0 Å². The zero-order valence-electron chi connectivity index (χ0n) is 13.8. The van der Waals surface area contributed by atoms with Crippen LogP contribution in [0.1, 0.15) is 38.8 Å². The zero-order chi connectivity index (χ0) is 17.2. The van der Waals surface area contributed by atoms with Gasteiger partial charge in [0.1, 0.15) is 0 Å². The molecule has 128 valence electrons. The number of hydrogen-bond donors (Lipinski definition) is 1. The molecule has 2 amide bonds. The van der Waals surface area contributed by atoms with E-state index in [1.54, 1.807) is 6.92 Å². The Morgan fingerprint density at radius 1 is 1.30 bits per heavy atom. The van der Waals surface area contributed by atoms with Crippen molar-refractivity contribution in [2.75, 3.05) is 25.0 Å². The average molecular weight is 341 g/mol. The molecule has 1 N–H and O–H groups in total. The third-order valence-electron chi connectivity index (χ3n) is 2.89. The van der Waals surface area contributed by atoms with Gasteiger partial charge in [0.05, 0.1) is 25.3 Å². The van der Waals surface area contributed by atoms with Crippen molar-refractivity contribution in [1.29, 1.82) is 0 Å². The number of thiazole rings is 1. The molecule has 0 aliphatic heterocycles. The quantitative estimate of drug-likeness (QED) is 0.694. The van der Waals surface area contributed by atoms with Crippen LogP contribution in [0.25, 0.3) is 0 Å². The summed E-state index contributed by atoms with van der Waals surface area (Å²) in [6, 6.07) is 0. The molecule has 1 heterocycles. The molecule has 0 radical (unpaired) electrons. The molecule has 0 aliphatic rings. The van der Waals surface area contributed by atoms with Crippen LogP contribution in [0.5, 0.6) is 0 Å². The second-order valence-corrected chi connectivity index (χ2v) is 5.82. The highest BCUT2D eigenvalue weighted by atomic mass is 32.1.